The van der Waals surface area contributed by atoms with Crippen molar-refractivity contribution in [3.8, 4) is 0 Å². The van der Waals surface area contributed by atoms with Crippen molar-refractivity contribution in [2.75, 3.05) is 0 Å². The number of hydrogen-bond donors (Lipinski definition) is 0. The largest absolute Gasteiger partial charge is 0.257 e. The Kier molecular flexibility index (Phi) is 3.10. The normalized spacial score (nSPS) is 13.3. The highest BCUT2D eigenvalue weighted by Crippen LogP contribution is 2.18. The van der Waals surface area contributed by atoms with Crippen LogP contribution in [0.15, 0.2) is 12.3 Å². The monoisotopic (exact) mass is 189 g/mol. The summed E-state index contributed by atoms with van der Waals surface area (Å²) in [4.78, 5) is 4.29. The van der Waals surface area contributed by atoms with Crippen LogP contribution in [-0.2, 0) is 6.42 Å². The van der Waals surface area contributed by atoms with Gasteiger partial charge in [0, 0.05) is 6.20 Å². The van der Waals surface area contributed by atoms with Crippen LogP contribution in [0.2, 0.25) is 0 Å². The molecule has 0 aromatic carbocycles. The van der Waals surface area contributed by atoms with Gasteiger partial charge >= 0.3 is 0 Å². The van der Waals surface area contributed by atoms with Gasteiger partial charge in [0.25, 0.3) is 0 Å². The fourth-order valence-electron chi connectivity index (χ4n) is 1.51. The van der Waals surface area contributed by atoms with E-state index in [9.17, 15) is 0 Å². The fraction of sp³-hybridized carbons (Fsp3) is 0.462. The molecule has 0 N–H and O–H groups in total. The van der Waals surface area contributed by atoms with E-state index >= 15 is 0 Å². The predicted octanol–water partition coefficient (Wildman–Crippen LogP) is 1.88. The molecule has 0 aliphatic rings. The fourth-order valence-corrected chi connectivity index (χ4v) is 1.51. The molecule has 0 saturated carbocycles. The van der Waals surface area contributed by atoms with E-state index in [4.69, 9.17) is 0 Å². The second kappa shape index (κ2) is 3.95. The summed E-state index contributed by atoms with van der Waals surface area (Å²) in [5.74, 6) is 0. The molecule has 1 rings (SSSR count). The van der Waals surface area contributed by atoms with Gasteiger partial charge in [0.15, 0.2) is 0 Å². The first-order valence-corrected chi connectivity index (χ1v) is 5.02. The molecule has 0 atom stereocenters. The summed E-state index contributed by atoms with van der Waals surface area (Å²) < 4.78 is 0. The first-order valence-electron chi connectivity index (χ1n) is 5.02. The summed E-state index contributed by atoms with van der Waals surface area (Å²) in [5.41, 5.74) is 1.60. The molecule has 76 valence electrons. The topological polar surface area (TPSA) is 12.9 Å². The Morgan fingerprint density at radius 3 is 2.57 bits per heavy atom. The van der Waals surface area contributed by atoms with Crippen molar-refractivity contribution in [1.82, 2.24) is 4.98 Å². The number of hydrogen-bond acceptors (Lipinski definition) is 1. The number of rotatable bonds is 1. The maximum absolute atomic E-state index is 4.29. The number of pyridine rings is 1. The van der Waals surface area contributed by atoms with Crippen LogP contribution < -0.4 is 10.6 Å². The lowest BCUT2D eigenvalue weighted by molar-refractivity contribution is 0.410. The van der Waals surface area contributed by atoms with Crippen molar-refractivity contribution in [3.05, 3.63) is 28.4 Å². The Labute approximate surface area is 86.2 Å². The van der Waals surface area contributed by atoms with Gasteiger partial charge < -0.3 is 0 Å². The molecule has 0 fully saturated rings. The Balaban J connectivity index is 3.09. The minimum absolute atomic E-state index is 0.315. The van der Waals surface area contributed by atoms with E-state index in [2.05, 4.69) is 44.5 Å². The number of nitrogens with zero attached hydrogens (tertiary/aromatic N) is 1. The molecule has 0 aliphatic carbocycles. The zero-order valence-electron chi connectivity index (χ0n) is 9.59. The van der Waals surface area contributed by atoms with Crippen molar-refractivity contribution >= 4 is 12.7 Å². The Morgan fingerprint density at radius 1 is 1.43 bits per heavy atom. The minimum Gasteiger partial charge on any atom is -0.257 e. The third-order valence-electron chi connectivity index (χ3n) is 2.11. The number of aromatic nitrogens is 1. The van der Waals surface area contributed by atoms with E-state index < -0.39 is 0 Å². The van der Waals surface area contributed by atoms with E-state index in [1.54, 1.807) is 0 Å². The molecule has 0 aliphatic heterocycles. The highest BCUT2D eigenvalue weighted by molar-refractivity contribution is 5.24. The summed E-state index contributed by atoms with van der Waals surface area (Å²) in [5, 5.41) is 2.01. The second-order valence-electron chi connectivity index (χ2n) is 4.91. The zero-order chi connectivity index (χ0) is 10.8. The lowest BCUT2D eigenvalue weighted by Crippen LogP contribution is -2.27. The molecule has 1 heteroatoms. The van der Waals surface area contributed by atoms with Crippen LogP contribution in [0.1, 0.15) is 33.3 Å². The van der Waals surface area contributed by atoms with E-state index in [-0.39, 0.29) is 0 Å². The molecule has 0 spiro atoms. The molecule has 0 unspecified atom stereocenters. The Hall–Kier alpha value is -1.11. The smallest absolute Gasteiger partial charge is 0.0627 e. The predicted molar refractivity (Wildman–Crippen MR) is 62.3 cm³/mol. The summed E-state index contributed by atoms with van der Waals surface area (Å²) in [7, 11) is 0. The van der Waals surface area contributed by atoms with Gasteiger partial charge in [-0.1, -0.05) is 33.4 Å². The zero-order valence-corrected chi connectivity index (χ0v) is 9.59. The van der Waals surface area contributed by atoms with Crippen LogP contribution in [0, 0.1) is 5.41 Å². The second-order valence-corrected chi connectivity index (χ2v) is 4.91. The highest BCUT2D eigenvalue weighted by atomic mass is 14.6. The van der Waals surface area contributed by atoms with Crippen molar-refractivity contribution in [3.63, 3.8) is 0 Å². The van der Waals surface area contributed by atoms with Crippen molar-refractivity contribution in [2.24, 2.45) is 5.41 Å². The SMILES string of the molecule is C=c1ncc(CC(C)(C)C)c/c1=C/C. The van der Waals surface area contributed by atoms with Crippen molar-refractivity contribution in [2.45, 2.75) is 34.1 Å². The molecule has 14 heavy (non-hydrogen) atoms. The van der Waals surface area contributed by atoms with Gasteiger partial charge in [-0.05, 0) is 35.6 Å². The molecular formula is C13H19N. The maximum Gasteiger partial charge on any atom is 0.0627 e. The van der Waals surface area contributed by atoms with Crippen LogP contribution >= 0.6 is 0 Å². The van der Waals surface area contributed by atoms with Gasteiger partial charge in [-0.15, -0.1) is 0 Å². The van der Waals surface area contributed by atoms with Crippen LogP contribution in [-0.4, -0.2) is 4.98 Å². The molecule has 0 radical (unpaired) electrons. The van der Waals surface area contributed by atoms with Gasteiger partial charge in [0.05, 0.1) is 5.35 Å². The minimum atomic E-state index is 0.315. The molecule has 1 aromatic heterocycles. The Morgan fingerprint density at radius 2 is 2.07 bits per heavy atom. The van der Waals surface area contributed by atoms with E-state index in [0.717, 1.165) is 17.0 Å². The lowest BCUT2D eigenvalue weighted by Gasteiger charge is -2.17. The molecule has 0 saturated heterocycles. The van der Waals surface area contributed by atoms with Crippen LogP contribution in [0.25, 0.3) is 12.7 Å². The first-order chi connectivity index (χ1) is 6.42. The summed E-state index contributed by atoms with van der Waals surface area (Å²) in [6.45, 7) is 12.6. The first kappa shape index (κ1) is 11.0. The van der Waals surface area contributed by atoms with Crippen LogP contribution in [0.5, 0.6) is 0 Å². The van der Waals surface area contributed by atoms with Gasteiger partial charge in [-0.25, -0.2) is 0 Å². The highest BCUT2D eigenvalue weighted by Gasteiger charge is 2.10. The van der Waals surface area contributed by atoms with Gasteiger partial charge in [0.1, 0.15) is 0 Å². The third-order valence-corrected chi connectivity index (χ3v) is 2.11. The molecule has 0 amide bonds. The molecular weight excluding hydrogens is 170 g/mol. The maximum atomic E-state index is 4.29. The average molecular weight is 189 g/mol. The van der Waals surface area contributed by atoms with Crippen LogP contribution in [0.3, 0.4) is 0 Å². The third kappa shape index (κ3) is 2.99. The molecule has 1 aromatic rings. The van der Waals surface area contributed by atoms with Gasteiger partial charge in [-0.3, -0.25) is 4.98 Å². The lowest BCUT2D eigenvalue weighted by atomic mass is 9.89. The van der Waals surface area contributed by atoms with Crippen LogP contribution in [0.4, 0.5) is 0 Å². The molecule has 1 heterocycles. The standard InChI is InChI=1S/C13H19N/c1-6-12-7-11(8-13(3,4)5)9-14-10(12)2/h6-7,9H,2,8H2,1,3-5H3/b12-6-. The Bertz CT molecular complexity index is 410. The van der Waals surface area contributed by atoms with E-state index in [1.165, 1.54) is 5.56 Å². The molecule has 1 nitrogen and oxygen atoms in total. The van der Waals surface area contributed by atoms with Crippen molar-refractivity contribution in [1.29, 1.82) is 0 Å². The quantitative estimate of drug-likeness (QED) is 0.657. The van der Waals surface area contributed by atoms with Gasteiger partial charge in [0.2, 0.25) is 0 Å². The summed E-state index contributed by atoms with van der Waals surface area (Å²) >= 11 is 0. The molecule has 0 bridgehead atoms. The average Bonchev–Trinajstić information content (AvgIpc) is 2.06. The van der Waals surface area contributed by atoms with E-state index in [0.29, 0.717) is 5.41 Å². The van der Waals surface area contributed by atoms with Crippen molar-refractivity contribution < 1.29 is 0 Å². The van der Waals surface area contributed by atoms with Gasteiger partial charge in [-0.2, -0.15) is 0 Å². The summed E-state index contributed by atoms with van der Waals surface area (Å²) in [6.07, 6.45) is 5.04. The summed E-state index contributed by atoms with van der Waals surface area (Å²) in [6, 6.07) is 2.18. The van der Waals surface area contributed by atoms with E-state index in [1.807, 2.05) is 13.1 Å².